The van der Waals surface area contributed by atoms with Crippen LogP contribution in [-0.4, -0.2) is 6.54 Å². The Morgan fingerprint density at radius 1 is 1.30 bits per heavy atom. The van der Waals surface area contributed by atoms with Crippen molar-refractivity contribution in [3.63, 3.8) is 0 Å². The van der Waals surface area contributed by atoms with Gasteiger partial charge in [-0.05, 0) is 73.2 Å². The van der Waals surface area contributed by atoms with Gasteiger partial charge in [-0.3, -0.25) is 0 Å². The van der Waals surface area contributed by atoms with Crippen LogP contribution in [0.5, 0.6) is 0 Å². The van der Waals surface area contributed by atoms with E-state index in [2.05, 4.69) is 42.1 Å². The molecule has 20 heavy (non-hydrogen) atoms. The third kappa shape index (κ3) is 2.72. The molecule has 2 heterocycles. The van der Waals surface area contributed by atoms with Crippen molar-refractivity contribution in [2.75, 3.05) is 6.54 Å². The van der Waals surface area contributed by atoms with E-state index < -0.39 is 0 Å². The Morgan fingerprint density at radius 2 is 2.15 bits per heavy atom. The summed E-state index contributed by atoms with van der Waals surface area (Å²) in [7, 11) is 0. The van der Waals surface area contributed by atoms with Crippen LogP contribution >= 0.6 is 22.7 Å². The molecule has 2 unspecified atom stereocenters. The van der Waals surface area contributed by atoms with Gasteiger partial charge in [0, 0.05) is 21.7 Å². The summed E-state index contributed by atoms with van der Waals surface area (Å²) in [6.45, 7) is 5.62. The number of fused-ring (bicyclic) bond motifs is 1. The van der Waals surface area contributed by atoms with Crippen LogP contribution in [0.25, 0.3) is 0 Å². The zero-order valence-electron chi connectivity index (χ0n) is 12.3. The standard InChI is InChI=1S/C17H23NS2/c1-3-9-18-16(17-12(2)7-10-20-17)14-5-4-6-15-13(14)8-11-19-15/h7-8,10-11,14,16,18H,3-6,9H2,1-2H3. The molecule has 3 heteroatoms. The molecule has 1 nitrogen and oxygen atoms in total. The summed E-state index contributed by atoms with van der Waals surface area (Å²) >= 11 is 3.87. The molecule has 2 aromatic rings. The maximum Gasteiger partial charge on any atom is 0.0487 e. The van der Waals surface area contributed by atoms with Crippen LogP contribution in [0, 0.1) is 6.92 Å². The lowest BCUT2D eigenvalue weighted by atomic mass is 9.81. The number of thiophene rings is 2. The molecule has 0 amide bonds. The van der Waals surface area contributed by atoms with Gasteiger partial charge in [-0.15, -0.1) is 22.7 Å². The monoisotopic (exact) mass is 305 g/mol. The van der Waals surface area contributed by atoms with Gasteiger partial charge in [-0.1, -0.05) is 6.92 Å². The highest BCUT2D eigenvalue weighted by atomic mass is 32.1. The van der Waals surface area contributed by atoms with Crippen LogP contribution in [0.1, 0.15) is 59.0 Å². The Morgan fingerprint density at radius 3 is 2.90 bits per heavy atom. The van der Waals surface area contributed by atoms with E-state index in [0.29, 0.717) is 12.0 Å². The van der Waals surface area contributed by atoms with E-state index in [4.69, 9.17) is 0 Å². The molecule has 3 rings (SSSR count). The molecule has 1 aliphatic rings. The van der Waals surface area contributed by atoms with Crippen LogP contribution < -0.4 is 5.32 Å². The lowest BCUT2D eigenvalue weighted by Crippen LogP contribution is -2.29. The zero-order chi connectivity index (χ0) is 13.9. The molecule has 0 saturated heterocycles. The molecular weight excluding hydrogens is 282 g/mol. The highest BCUT2D eigenvalue weighted by molar-refractivity contribution is 7.10. The molecule has 2 atom stereocenters. The molecule has 0 spiro atoms. The van der Waals surface area contributed by atoms with E-state index in [1.807, 2.05) is 22.7 Å². The van der Waals surface area contributed by atoms with Gasteiger partial charge >= 0.3 is 0 Å². The van der Waals surface area contributed by atoms with Gasteiger partial charge in [0.15, 0.2) is 0 Å². The van der Waals surface area contributed by atoms with Crippen LogP contribution in [0.15, 0.2) is 22.9 Å². The predicted molar refractivity (Wildman–Crippen MR) is 90.1 cm³/mol. The second kappa shape index (κ2) is 6.42. The van der Waals surface area contributed by atoms with Gasteiger partial charge in [0.25, 0.3) is 0 Å². The smallest absolute Gasteiger partial charge is 0.0487 e. The molecule has 1 aliphatic carbocycles. The van der Waals surface area contributed by atoms with Gasteiger partial charge in [0.05, 0.1) is 0 Å². The second-order valence-electron chi connectivity index (χ2n) is 5.70. The summed E-state index contributed by atoms with van der Waals surface area (Å²) in [5, 5.41) is 8.35. The van der Waals surface area contributed by atoms with E-state index in [0.717, 1.165) is 6.54 Å². The van der Waals surface area contributed by atoms with Crippen molar-refractivity contribution in [3.05, 3.63) is 43.8 Å². The first-order chi connectivity index (χ1) is 9.81. The summed E-state index contributed by atoms with van der Waals surface area (Å²) in [6.07, 6.45) is 5.15. The fourth-order valence-corrected chi connectivity index (χ4v) is 5.35. The molecule has 2 aromatic heterocycles. The van der Waals surface area contributed by atoms with Crippen molar-refractivity contribution in [2.45, 2.75) is 51.5 Å². The first-order valence-corrected chi connectivity index (χ1v) is 9.40. The molecule has 0 fully saturated rings. The fourth-order valence-electron chi connectivity index (χ4n) is 3.29. The van der Waals surface area contributed by atoms with Gasteiger partial charge in [0.1, 0.15) is 0 Å². The van der Waals surface area contributed by atoms with Crippen molar-refractivity contribution in [1.29, 1.82) is 0 Å². The van der Waals surface area contributed by atoms with Crippen molar-refractivity contribution in [3.8, 4) is 0 Å². The number of aryl methyl sites for hydroxylation is 2. The first kappa shape index (κ1) is 14.3. The molecule has 108 valence electrons. The average Bonchev–Trinajstić information content (AvgIpc) is 3.09. The maximum absolute atomic E-state index is 3.83. The summed E-state index contributed by atoms with van der Waals surface area (Å²) < 4.78 is 0. The summed E-state index contributed by atoms with van der Waals surface area (Å²) in [5.74, 6) is 0.661. The van der Waals surface area contributed by atoms with Crippen LogP contribution in [0.4, 0.5) is 0 Å². The van der Waals surface area contributed by atoms with Gasteiger partial charge in [-0.25, -0.2) is 0 Å². The molecule has 0 bridgehead atoms. The Hall–Kier alpha value is -0.640. The number of hydrogen-bond acceptors (Lipinski definition) is 3. The quantitative estimate of drug-likeness (QED) is 0.792. The van der Waals surface area contributed by atoms with Crippen LogP contribution in [-0.2, 0) is 6.42 Å². The van der Waals surface area contributed by atoms with Crippen molar-refractivity contribution >= 4 is 22.7 Å². The summed E-state index contributed by atoms with van der Waals surface area (Å²) in [5.41, 5.74) is 3.06. The minimum atomic E-state index is 0.503. The lowest BCUT2D eigenvalue weighted by Gasteiger charge is -2.31. The maximum atomic E-state index is 3.83. The molecule has 1 N–H and O–H groups in total. The Kier molecular flexibility index (Phi) is 4.59. The van der Waals surface area contributed by atoms with Crippen LogP contribution in [0.3, 0.4) is 0 Å². The van der Waals surface area contributed by atoms with Crippen molar-refractivity contribution in [2.24, 2.45) is 0 Å². The third-order valence-corrected chi connectivity index (χ3v) is 6.40. The molecule has 0 saturated carbocycles. The van der Waals surface area contributed by atoms with Gasteiger partial charge in [-0.2, -0.15) is 0 Å². The van der Waals surface area contributed by atoms with Crippen molar-refractivity contribution in [1.82, 2.24) is 5.32 Å². The molecule has 0 radical (unpaired) electrons. The third-order valence-electron chi connectivity index (χ3n) is 4.30. The zero-order valence-corrected chi connectivity index (χ0v) is 13.9. The second-order valence-corrected chi connectivity index (χ2v) is 7.65. The lowest BCUT2D eigenvalue weighted by molar-refractivity contribution is 0.408. The molecule has 0 aromatic carbocycles. The van der Waals surface area contributed by atoms with Gasteiger partial charge in [0.2, 0.25) is 0 Å². The largest absolute Gasteiger partial charge is 0.309 e. The number of hydrogen-bond donors (Lipinski definition) is 1. The summed E-state index contributed by atoms with van der Waals surface area (Å²) in [6, 6.07) is 5.13. The Labute approximate surface area is 130 Å². The highest BCUT2D eigenvalue weighted by Crippen LogP contribution is 2.44. The van der Waals surface area contributed by atoms with E-state index in [1.54, 1.807) is 15.3 Å². The van der Waals surface area contributed by atoms with E-state index in [-0.39, 0.29) is 0 Å². The van der Waals surface area contributed by atoms with E-state index >= 15 is 0 Å². The fraction of sp³-hybridized carbons (Fsp3) is 0.529. The SMILES string of the molecule is CCCNC(c1sccc1C)C1CCCc2sccc21. The number of rotatable bonds is 5. The first-order valence-electron chi connectivity index (χ1n) is 7.65. The topological polar surface area (TPSA) is 12.0 Å². The van der Waals surface area contributed by atoms with E-state index in [9.17, 15) is 0 Å². The van der Waals surface area contributed by atoms with Gasteiger partial charge < -0.3 is 5.32 Å². The molecular formula is C17H23NS2. The highest BCUT2D eigenvalue weighted by Gasteiger charge is 2.30. The molecule has 0 aliphatic heterocycles. The minimum absolute atomic E-state index is 0.503. The summed E-state index contributed by atoms with van der Waals surface area (Å²) in [4.78, 5) is 3.17. The Balaban J connectivity index is 1.93. The number of nitrogens with one attached hydrogen (secondary N) is 1. The van der Waals surface area contributed by atoms with E-state index in [1.165, 1.54) is 31.2 Å². The normalized spacial score (nSPS) is 19.8. The minimum Gasteiger partial charge on any atom is -0.309 e. The van der Waals surface area contributed by atoms with Crippen molar-refractivity contribution < 1.29 is 0 Å². The Bertz CT molecular complexity index is 555. The average molecular weight is 306 g/mol. The predicted octanol–water partition coefficient (Wildman–Crippen LogP) is 5.28. The van der Waals surface area contributed by atoms with Crippen LogP contribution in [0.2, 0.25) is 0 Å².